The Labute approximate surface area is 150 Å². The van der Waals surface area contributed by atoms with Crippen molar-refractivity contribution in [2.75, 3.05) is 7.11 Å². The van der Waals surface area contributed by atoms with Crippen molar-refractivity contribution in [1.82, 2.24) is 0 Å². The molecule has 3 nitrogen and oxygen atoms in total. The third kappa shape index (κ3) is 2.32. The second-order valence-corrected chi connectivity index (χ2v) is 8.58. The van der Waals surface area contributed by atoms with E-state index in [1.807, 2.05) is 38.3 Å². The molecule has 0 amide bonds. The van der Waals surface area contributed by atoms with E-state index in [1.54, 1.807) is 0 Å². The average Bonchev–Trinajstić information content (AvgIpc) is 2.85. The third-order valence-corrected chi connectivity index (χ3v) is 7.63. The van der Waals surface area contributed by atoms with Crippen molar-refractivity contribution < 1.29 is 14.9 Å². The van der Waals surface area contributed by atoms with E-state index in [2.05, 4.69) is 13.0 Å². The number of methoxy groups -OCH3 is 1. The van der Waals surface area contributed by atoms with Crippen molar-refractivity contribution in [3.63, 3.8) is 0 Å². The van der Waals surface area contributed by atoms with Crippen LogP contribution in [-0.2, 0) is 11.2 Å². The molecular formula is C22H30O3. The Balaban J connectivity index is 1.78. The number of aryl methyl sites for hydroxylation is 1. The number of fused-ring (bicyclic) bond motifs is 5. The number of phenolic OH excluding ortho intramolecular Hbond substituents is 1. The molecule has 136 valence electrons. The largest absolute Gasteiger partial charge is 0.508 e. The van der Waals surface area contributed by atoms with Crippen LogP contribution < -0.4 is 0 Å². The molecule has 3 aliphatic rings. The highest BCUT2D eigenvalue weighted by Gasteiger charge is 2.63. The molecule has 0 radical (unpaired) electrons. The van der Waals surface area contributed by atoms with Crippen LogP contribution >= 0.6 is 0 Å². The molecule has 2 N–H and O–H groups in total. The van der Waals surface area contributed by atoms with Crippen LogP contribution in [0.1, 0.15) is 56.6 Å². The van der Waals surface area contributed by atoms with Gasteiger partial charge in [-0.2, -0.15) is 0 Å². The number of aromatic hydroxyl groups is 1. The molecule has 0 aliphatic heterocycles. The van der Waals surface area contributed by atoms with Crippen LogP contribution in [0.2, 0.25) is 0 Å². The van der Waals surface area contributed by atoms with Crippen LogP contribution in [-0.4, -0.2) is 29.0 Å². The average molecular weight is 342 g/mol. The van der Waals surface area contributed by atoms with Gasteiger partial charge < -0.3 is 14.9 Å². The zero-order valence-corrected chi connectivity index (χ0v) is 15.5. The van der Waals surface area contributed by atoms with Gasteiger partial charge in [0.15, 0.2) is 0 Å². The van der Waals surface area contributed by atoms with E-state index in [1.165, 1.54) is 11.1 Å². The van der Waals surface area contributed by atoms with Gasteiger partial charge in [0.05, 0.1) is 11.7 Å². The first-order valence-corrected chi connectivity index (χ1v) is 9.64. The smallest absolute Gasteiger partial charge is 0.115 e. The monoisotopic (exact) mass is 342 g/mol. The lowest BCUT2D eigenvalue weighted by molar-refractivity contribution is -0.120. The molecule has 0 unspecified atom stereocenters. The summed E-state index contributed by atoms with van der Waals surface area (Å²) >= 11 is 0. The number of hydrogen-bond donors (Lipinski definition) is 2. The lowest BCUT2D eigenvalue weighted by atomic mass is 9.52. The van der Waals surface area contributed by atoms with Gasteiger partial charge in [0, 0.05) is 18.4 Å². The van der Waals surface area contributed by atoms with Crippen LogP contribution in [0.15, 0.2) is 30.4 Å². The Hall–Kier alpha value is -1.32. The summed E-state index contributed by atoms with van der Waals surface area (Å²) in [6.45, 7) is 4.27. The van der Waals surface area contributed by atoms with Gasteiger partial charge in [0.1, 0.15) is 5.75 Å². The summed E-state index contributed by atoms with van der Waals surface area (Å²) in [5, 5.41) is 21.3. The molecule has 1 aromatic carbocycles. The molecule has 0 aromatic heterocycles. The highest BCUT2D eigenvalue weighted by Crippen LogP contribution is 2.65. The molecule has 2 fully saturated rings. The van der Waals surface area contributed by atoms with Gasteiger partial charge in [-0.25, -0.2) is 0 Å². The second kappa shape index (κ2) is 5.85. The third-order valence-electron chi connectivity index (χ3n) is 7.63. The van der Waals surface area contributed by atoms with E-state index in [4.69, 9.17) is 4.74 Å². The Bertz CT molecular complexity index is 697. The minimum atomic E-state index is -0.719. The standard InChI is InChI=1S/C22H30O3/c1-4-10-22(24)11-9-18-17-7-5-14-12-15(23)6-8-16(14)20(17)19(25-3)13-21(18,22)2/h4,6,8,10,12,17-20,23-24H,5,7,9,11,13H2,1-3H3/b10-4-/t17-,18-,19-,20+,21-,22-/m0/s1. The van der Waals surface area contributed by atoms with Crippen LogP contribution in [0.5, 0.6) is 5.75 Å². The fourth-order valence-electron chi connectivity index (χ4n) is 6.43. The minimum absolute atomic E-state index is 0.115. The van der Waals surface area contributed by atoms with Crippen molar-refractivity contribution in [2.24, 2.45) is 17.3 Å². The van der Waals surface area contributed by atoms with Gasteiger partial charge in [-0.3, -0.25) is 0 Å². The SMILES string of the molecule is C/C=C\[C@]1(O)CC[C@H]2[C@@H]3CCc4cc(O)ccc4[C@H]3[C@@H](OC)C[C@@]21C. The number of allylic oxidation sites excluding steroid dienone is 1. The molecule has 3 heteroatoms. The van der Waals surface area contributed by atoms with E-state index >= 15 is 0 Å². The molecule has 0 spiro atoms. The number of aliphatic hydroxyl groups is 1. The molecule has 0 saturated heterocycles. The number of phenols is 1. The van der Waals surface area contributed by atoms with Crippen LogP contribution in [0.25, 0.3) is 0 Å². The Morgan fingerprint density at radius 1 is 1.28 bits per heavy atom. The molecular weight excluding hydrogens is 312 g/mol. The predicted molar refractivity (Wildman–Crippen MR) is 98.7 cm³/mol. The first-order valence-electron chi connectivity index (χ1n) is 9.64. The molecule has 1 aromatic rings. The van der Waals surface area contributed by atoms with E-state index in [0.29, 0.717) is 23.5 Å². The Morgan fingerprint density at radius 3 is 2.80 bits per heavy atom. The topological polar surface area (TPSA) is 49.7 Å². The van der Waals surface area contributed by atoms with Crippen LogP contribution in [0.4, 0.5) is 0 Å². The summed E-state index contributed by atoms with van der Waals surface area (Å²) in [6.07, 6.45) is 9.09. The maximum atomic E-state index is 11.4. The summed E-state index contributed by atoms with van der Waals surface area (Å²) in [5.74, 6) is 1.79. The predicted octanol–water partition coefficient (Wildman–Crippen LogP) is 4.18. The van der Waals surface area contributed by atoms with Gasteiger partial charge in [0.25, 0.3) is 0 Å². The maximum absolute atomic E-state index is 11.4. The minimum Gasteiger partial charge on any atom is -0.508 e. The summed E-state index contributed by atoms with van der Waals surface area (Å²) in [4.78, 5) is 0. The van der Waals surface area contributed by atoms with E-state index in [0.717, 1.165) is 32.1 Å². The van der Waals surface area contributed by atoms with Gasteiger partial charge in [-0.15, -0.1) is 0 Å². The second-order valence-electron chi connectivity index (χ2n) is 8.58. The number of benzene rings is 1. The molecule has 0 heterocycles. The van der Waals surface area contributed by atoms with Crippen molar-refractivity contribution in [1.29, 1.82) is 0 Å². The molecule has 3 aliphatic carbocycles. The highest BCUT2D eigenvalue weighted by molar-refractivity contribution is 5.41. The fourth-order valence-corrected chi connectivity index (χ4v) is 6.43. The van der Waals surface area contributed by atoms with Gasteiger partial charge >= 0.3 is 0 Å². The molecule has 2 saturated carbocycles. The highest BCUT2D eigenvalue weighted by atomic mass is 16.5. The van der Waals surface area contributed by atoms with Crippen molar-refractivity contribution in [3.8, 4) is 5.75 Å². The molecule has 4 rings (SSSR count). The zero-order chi connectivity index (χ0) is 17.8. The summed E-state index contributed by atoms with van der Waals surface area (Å²) in [7, 11) is 1.81. The van der Waals surface area contributed by atoms with E-state index < -0.39 is 5.60 Å². The summed E-state index contributed by atoms with van der Waals surface area (Å²) < 4.78 is 5.99. The zero-order valence-electron chi connectivity index (χ0n) is 15.5. The van der Waals surface area contributed by atoms with Gasteiger partial charge in [-0.1, -0.05) is 25.1 Å². The van der Waals surface area contributed by atoms with Crippen LogP contribution in [0, 0.1) is 17.3 Å². The normalized spacial score (nSPS) is 42.9. The van der Waals surface area contributed by atoms with Gasteiger partial charge in [-0.05, 0) is 74.1 Å². The Morgan fingerprint density at radius 2 is 2.08 bits per heavy atom. The van der Waals surface area contributed by atoms with Crippen molar-refractivity contribution in [2.45, 2.75) is 63.6 Å². The first-order chi connectivity index (χ1) is 11.9. The lowest BCUT2D eigenvalue weighted by Gasteiger charge is -2.55. The van der Waals surface area contributed by atoms with Crippen molar-refractivity contribution in [3.05, 3.63) is 41.5 Å². The maximum Gasteiger partial charge on any atom is 0.115 e. The molecule has 25 heavy (non-hydrogen) atoms. The number of ether oxygens (including phenoxy) is 1. The molecule has 0 bridgehead atoms. The quantitative estimate of drug-likeness (QED) is 0.793. The van der Waals surface area contributed by atoms with E-state index in [-0.39, 0.29) is 11.5 Å². The van der Waals surface area contributed by atoms with Crippen molar-refractivity contribution >= 4 is 0 Å². The van der Waals surface area contributed by atoms with Crippen LogP contribution in [0.3, 0.4) is 0 Å². The summed E-state index contributed by atoms with van der Waals surface area (Å²) in [5.41, 5.74) is 1.78. The number of hydrogen-bond acceptors (Lipinski definition) is 3. The first kappa shape index (κ1) is 17.1. The number of rotatable bonds is 2. The van der Waals surface area contributed by atoms with Gasteiger partial charge in [0.2, 0.25) is 0 Å². The van der Waals surface area contributed by atoms with E-state index in [9.17, 15) is 10.2 Å². The molecule has 6 atom stereocenters. The Kier molecular flexibility index (Phi) is 4.01. The summed E-state index contributed by atoms with van der Waals surface area (Å²) in [6, 6.07) is 5.84. The lowest BCUT2D eigenvalue weighted by Crippen LogP contribution is -2.54. The fraction of sp³-hybridized carbons (Fsp3) is 0.636.